The van der Waals surface area contributed by atoms with Gasteiger partial charge in [-0.15, -0.1) is 11.3 Å². The average Bonchev–Trinajstić information content (AvgIpc) is 2.70. The molecule has 2 rings (SSSR count). The summed E-state index contributed by atoms with van der Waals surface area (Å²) >= 11 is 4.79. The van der Waals surface area contributed by atoms with E-state index in [1.807, 2.05) is 12.3 Å². The van der Waals surface area contributed by atoms with Gasteiger partial charge < -0.3 is 15.7 Å². The lowest BCUT2D eigenvalue weighted by Crippen LogP contribution is -2.53. The summed E-state index contributed by atoms with van der Waals surface area (Å²) in [5, 5.41) is 11.9. The van der Waals surface area contributed by atoms with Gasteiger partial charge in [-0.2, -0.15) is 0 Å². The molecule has 0 saturated carbocycles. The number of carbonyl (C=O) groups is 2. The zero-order valence-electron chi connectivity index (χ0n) is 10.5. The molecule has 2 heterocycles. The number of amides is 2. The van der Waals surface area contributed by atoms with Crippen LogP contribution in [-0.2, 0) is 4.79 Å². The van der Waals surface area contributed by atoms with Crippen LogP contribution in [0.4, 0.5) is 0 Å². The molecule has 0 radical (unpaired) electrons. The van der Waals surface area contributed by atoms with Crippen molar-refractivity contribution in [2.75, 3.05) is 13.1 Å². The molecule has 0 aromatic carbocycles. The van der Waals surface area contributed by atoms with E-state index in [4.69, 9.17) is 5.73 Å². The van der Waals surface area contributed by atoms with Crippen molar-refractivity contribution in [1.82, 2.24) is 4.90 Å². The van der Waals surface area contributed by atoms with Gasteiger partial charge in [0.25, 0.3) is 5.91 Å². The van der Waals surface area contributed by atoms with Crippen LogP contribution in [0.1, 0.15) is 28.1 Å². The molecule has 0 atom stereocenters. The summed E-state index contributed by atoms with van der Waals surface area (Å²) in [5.74, 6) is -0.788. The predicted molar refractivity (Wildman–Crippen MR) is 76.0 cm³/mol. The minimum atomic E-state index is -1.47. The third kappa shape index (κ3) is 2.68. The number of rotatable bonds is 2. The Morgan fingerprint density at radius 2 is 2.05 bits per heavy atom. The SMILES string of the molecule is Cc1csc(C(=O)N2CCC(O)(C(N)=O)CC2)c1Br. The predicted octanol–water partition coefficient (Wildman–Crippen LogP) is 1.27. The minimum Gasteiger partial charge on any atom is -0.380 e. The van der Waals surface area contributed by atoms with Gasteiger partial charge in [0, 0.05) is 30.4 Å². The van der Waals surface area contributed by atoms with Crippen LogP contribution in [0.3, 0.4) is 0 Å². The molecule has 0 unspecified atom stereocenters. The number of carbonyl (C=O) groups excluding carboxylic acids is 2. The van der Waals surface area contributed by atoms with E-state index >= 15 is 0 Å². The average molecular weight is 347 g/mol. The number of primary amides is 1. The number of hydrogen-bond acceptors (Lipinski definition) is 4. The molecule has 1 fully saturated rings. The van der Waals surface area contributed by atoms with Gasteiger partial charge in [-0.05, 0) is 33.8 Å². The normalized spacial score (nSPS) is 18.4. The number of aliphatic hydroxyl groups is 1. The number of piperidine rings is 1. The lowest BCUT2D eigenvalue weighted by atomic mass is 9.91. The van der Waals surface area contributed by atoms with E-state index in [1.54, 1.807) is 4.90 Å². The topological polar surface area (TPSA) is 83.6 Å². The number of halogens is 1. The highest BCUT2D eigenvalue weighted by Gasteiger charge is 2.39. The first-order chi connectivity index (χ1) is 8.85. The molecular formula is C12H15BrN2O3S. The summed E-state index contributed by atoms with van der Waals surface area (Å²) in [6.45, 7) is 2.60. The molecule has 3 N–H and O–H groups in total. The maximum Gasteiger partial charge on any atom is 0.265 e. The second kappa shape index (κ2) is 5.22. The summed E-state index contributed by atoms with van der Waals surface area (Å²) in [7, 11) is 0. The highest BCUT2D eigenvalue weighted by atomic mass is 79.9. The highest BCUT2D eigenvalue weighted by Crippen LogP contribution is 2.30. The van der Waals surface area contributed by atoms with Crippen molar-refractivity contribution in [3.63, 3.8) is 0 Å². The molecule has 1 aromatic rings. The first-order valence-corrected chi connectivity index (χ1v) is 7.57. The lowest BCUT2D eigenvalue weighted by Gasteiger charge is -2.35. The summed E-state index contributed by atoms with van der Waals surface area (Å²) in [6, 6.07) is 0. The highest BCUT2D eigenvalue weighted by molar-refractivity contribution is 9.10. The first-order valence-electron chi connectivity index (χ1n) is 5.90. The van der Waals surface area contributed by atoms with Crippen LogP contribution in [0, 0.1) is 6.92 Å². The van der Waals surface area contributed by atoms with E-state index in [0.717, 1.165) is 10.0 Å². The number of hydrogen-bond donors (Lipinski definition) is 2. The van der Waals surface area contributed by atoms with Crippen molar-refractivity contribution in [3.05, 3.63) is 20.3 Å². The Morgan fingerprint density at radius 1 is 1.47 bits per heavy atom. The molecule has 1 aliphatic rings. The Kier molecular flexibility index (Phi) is 3.98. The van der Waals surface area contributed by atoms with Crippen LogP contribution in [-0.4, -0.2) is 40.5 Å². The van der Waals surface area contributed by atoms with Crippen LogP contribution in [0.5, 0.6) is 0 Å². The Hall–Kier alpha value is -0.920. The quantitative estimate of drug-likeness (QED) is 0.845. The molecule has 104 valence electrons. The molecule has 0 spiro atoms. The maximum atomic E-state index is 12.3. The molecule has 0 aliphatic carbocycles. The van der Waals surface area contributed by atoms with Crippen LogP contribution >= 0.6 is 27.3 Å². The Bertz CT molecular complexity index is 521. The second-order valence-corrected chi connectivity index (χ2v) is 6.42. The number of aryl methyl sites for hydroxylation is 1. The number of likely N-dealkylation sites (tertiary alicyclic amines) is 1. The fraction of sp³-hybridized carbons (Fsp3) is 0.500. The zero-order chi connectivity index (χ0) is 14.2. The monoisotopic (exact) mass is 346 g/mol. The Balaban J connectivity index is 2.08. The van der Waals surface area contributed by atoms with Crippen molar-refractivity contribution in [1.29, 1.82) is 0 Å². The Labute approximate surface area is 123 Å². The number of nitrogens with zero attached hydrogens (tertiary/aromatic N) is 1. The van der Waals surface area contributed by atoms with E-state index in [0.29, 0.717) is 18.0 Å². The van der Waals surface area contributed by atoms with Gasteiger partial charge in [-0.25, -0.2) is 0 Å². The molecule has 1 aromatic heterocycles. The molecule has 0 bridgehead atoms. The van der Waals surface area contributed by atoms with Gasteiger partial charge in [-0.1, -0.05) is 0 Å². The van der Waals surface area contributed by atoms with Gasteiger partial charge >= 0.3 is 0 Å². The molecule has 19 heavy (non-hydrogen) atoms. The third-order valence-electron chi connectivity index (χ3n) is 3.43. The third-order valence-corrected chi connectivity index (χ3v) is 5.80. The molecule has 7 heteroatoms. The van der Waals surface area contributed by atoms with Crippen molar-refractivity contribution >= 4 is 39.1 Å². The fourth-order valence-electron chi connectivity index (χ4n) is 2.04. The van der Waals surface area contributed by atoms with Crippen molar-refractivity contribution < 1.29 is 14.7 Å². The molecule has 5 nitrogen and oxygen atoms in total. The molecule has 2 amide bonds. The molecule has 1 aliphatic heterocycles. The summed E-state index contributed by atoms with van der Waals surface area (Å²) in [5.41, 5.74) is 4.72. The van der Waals surface area contributed by atoms with E-state index in [9.17, 15) is 14.7 Å². The van der Waals surface area contributed by atoms with Crippen molar-refractivity contribution in [2.45, 2.75) is 25.4 Å². The van der Waals surface area contributed by atoms with E-state index in [-0.39, 0.29) is 18.7 Å². The van der Waals surface area contributed by atoms with E-state index in [1.165, 1.54) is 11.3 Å². The standard InChI is InChI=1S/C12H15BrN2O3S/c1-7-6-19-9(8(7)13)10(16)15-4-2-12(18,3-5-15)11(14)17/h6,18H,2-5H2,1H3,(H2,14,17). The van der Waals surface area contributed by atoms with Crippen molar-refractivity contribution in [3.8, 4) is 0 Å². The lowest BCUT2D eigenvalue weighted by molar-refractivity contribution is -0.140. The van der Waals surface area contributed by atoms with E-state index < -0.39 is 11.5 Å². The van der Waals surface area contributed by atoms with Crippen LogP contribution < -0.4 is 5.73 Å². The van der Waals surface area contributed by atoms with Crippen LogP contribution in [0.2, 0.25) is 0 Å². The van der Waals surface area contributed by atoms with Gasteiger partial charge in [-0.3, -0.25) is 9.59 Å². The van der Waals surface area contributed by atoms with Crippen LogP contribution in [0.15, 0.2) is 9.85 Å². The summed E-state index contributed by atoms with van der Waals surface area (Å²) in [4.78, 5) is 25.8. The maximum absolute atomic E-state index is 12.3. The summed E-state index contributed by atoms with van der Waals surface area (Å²) < 4.78 is 0.818. The number of nitrogens with two attached hydrogens (primary N) is 1. The summed E-state index contributed by atoms with van der Waals surface area (Å²) in [6.07, 6.45) is 0.381. The van der Waals surface area contributed by atoms with Crippen LogP contribution in [0.25, 0.3) is 0 Å². The van der Waals surface area contributed by atoms with Gasteiger partial charge in [0.15, 0.2) is 0 Å². The van der Waals surface area contributed by atoms with E-state index in [2.05, 4.69) is 15.9 Å². The first kappa shape index (κ1) is 14.5. The van der Waals surface area contributed by atoms with Crippen molar-refractivity contribution in [2.24, 2.45) is 5.73 Å². The number of thiophene rings is 1. The molecule has 1 saturated heterocycles. The molecular weight excluding hydrogens is 332 g/mol. The van der Waals surface area contributed by atoms with Gasteiger partial charge in [0.1, 0.15) is 10.5 Å². The smallest absolute Gasteiger partial charge is 0.265 e. The zero-order valence-corrected chi connectivity index (χ0v) is 12.9. The largest absolute Gasteiger partial charge is 0.380 e. The second-order valence-electron chi connectivity index (χ2n) is 4.75. The van der Waals surface area contributed by atoms with Gasteiger partial charge in [0.05, 0.1) is 0 Å². The van der Waals surface area contributed by atoms with Gasteiger partial charge in [0.2, 0.25) is 5.91 Å². The minimum absolute atomic E-state index is 0.0727. The fourth-order valence-corrected chi connectivity index (χ4v) is 3.67. The Morgan fingerprint density at radius 3 is 2.47 bits per heavy atom.